The second-order valence-corrected chi connectivity index (χ2v) is 7.06. The van der Waals surface area contributed by atoms with Crippen molar-refractivity contribution in [2.24, 2.45) is 0 Å². The van der Waals surface area contributed by atoms with Crippen molar-refractivity contribution in [1.29, 1.82) is 0 Å². The molecule has 0 fully saturated rings. The summed E-state index contributed by atoms with van der Waals surface area (Å²) in [6.45, 7) is 1.04. The van der Waals surface area contributed by atoms with Crippen LogP contribution >= 0.6 is 0 Å². The highest BCUT2D eigenvalue weighted by Crippen LogP contribution is 2.36. The quantitative estimate of drug-likeness (QED) is 0.505. The molecule has 6 heteroatoms. The molecule has 1 aliphatic heterocycles. The molecule has 0 spiro atoms. The van der Waals surface area contributed by atoms with E-state index in [1.807, 2.05) is 60.7 Å². The number of ether oxygens (including phenoxy) is 2. The molecule has 2 aromatic carbocycles. The third-order valence-electron chi connectivity index (χ3n) is 5.05. The Morgan fingerprint density at radius 3 is 2.73 bits per heavy atom. The van der Waals surface area contributed by atoms with Gasteiger partial charge in [0.2, 0.25) is 6.79 Å². The minimum absolute atomic E-state index is 0.144. The molecule has 0 unspecified atom stereocenters. The van der Waals surface area contributed by atoms with Crippen LogP contribution in [-0.2, 0) is 13.1 Å². The van der Waals surface area contributed by atoms with Crippen molar-refractivity contribution in [3.8, 4) is 11.5 Å². The zero-order chi connectivity index (χ0) is 20.3. The minimum Gasteiger partial charge on any atom is -0.454 e. The lowest BCUT2D eigenvalue weighted by Crippen LogP contribution is -2.31. The van der Waals surface area contributed by atoms with Crippen LogP contribution < -0.4 is 9.47 Å². The molecule has 1 amide bonds. The van der Waals surface area contributed by atoms with Gasteiger partial charge in [-0.3, -0.25) is 9.78 Å². The van der Waals surface area contributed by atoms with Gasteiger partial charge in [-0.05, 0) is 29.8 Å². The van der Waals surface area contributed by atoms with E-state index < -0.39 is 0 Å². The normalized spacial score (nSPS) is 12.1. The average Bonchev–Trinajstić information content (AvgIpc) is 3.28. The summed E-state index contributed by atoms with van der Waals surface area (Å²) in [6.07, 6.45) is 3.42. The standard InChI is InChI=1S/C24H19N3O3/c28-24(21-10-9-18-13-25-12-11-20(18)26-21)27(14-17-5-2-1-3-6-17)15-19-7-4-8-22-23(19)30-16-29-22/h1-13H,14-16H2. The van der Waals surface area contributed by atoms with Gasteiger partial charge in [0, 0.05) is 29.9 Å². The SMILES string of the molecule is O=C(c1ccc2cnccc2n1)N(Cc1ccccc1)Cc1cccc2c1OCO2. The van der Waals surface area contributed by atoms with Gasteiger partial charge < -0.3 is 14.4 Å². The Morgan fingerprint density at radius 1 is 0.933 bits per heavy atom. The smallest absolute Gasteiger partial charge is 0.273 e. The van der Waals surface area contributed by atoms with Gasteiger partial charge in [-0.25, -0.2) is 4.98 Å². The lowest BCUT2D eigenvalue weighted by atomic mass is 10.1. The Bertz CT molecular complexity index is 1210. The average molecular weight is 397 g/mol. The van der Waals surface area contributed by atoms with Gasteiger partial charge in [0.15, 0.2) is 11.5 Å². The molecule has 0 saturated heterocycles. The topological polar surface area (TPSA) is 64.6 Å². The first kappa shape index (κ1) is 18.1. The van der Waals surface area contributed by atoms with Gasteiger partial charge in [0.25, 0.3) is 5.91 Å². The zero-order valence-corrected chi connectivity index (χ0v) is 16.2. The number of rotatable bonds is 5. The Balaban J connectivity index is 1.50. The molecule has 0 bridgehead atoms. The molecule has 0 radical (unpaired) electrons. The van der Waals surface area contributed by atoms with Crippen molar-refractivity contribution < 1.29 is 14.3 Å². The van der Waals surface area contributed by atoms with Crippen LogP contribution in [-0.4, -0.2) is 27.6 Å². The molecule has 1 aliphatic rings. The number of para-hydroxylation sites is 1. The van der Waals surface area contributed by atoms with Crippen molar-refractivity contribution in [1.82, 2.24) is 14.9 Å². The molecule has 6 nitrogen and oxygen atoms in total. The Morgan fingerprint density at radius 2 is 1.83 bits per heavy atom. The molecule has 0 saturated carbocycles. The van der Waals surface area contributed by atoms with Crippen LogP contribution in [0.4, 0.5) is 0 Å². The van der Waals surface area contributed by atoms with Crippen LogP contribution in [0, 0.1) is 0 Å². The van der Waals surface area contributed by atoms with Crippen LogP contribution in [0.1, 0.15) is 21.6 Å². The summed E-state index contributed by atoms with van der Waals surface area (Å²) in [7, 11) is 0. The predicted molar refractivity (Wildman–Crippen MR) is 112 cm³/mol. The third kappa shape index (κ3) is 3.55. The maximum atomic E-state index is 13.5. The van der Waals surface area contributed by atoms with Gasteiger partial charge >= 0.3 is 0 Å². The summed E-state index contributed by atoms with van der Waals surface area (Å²) < 4.78 is 11.1. The molecular formula is C24H19N3O3. The van der Waals surface area contributed by atoms with E-state index in [2.05, 4.69) is 9.97 Å². The molecule has 2 aromatic heterocycles. The first-order valence-electron chi connectivity index (χ1n) is 9.69. The van der Waals surface area contributed by atoms with E-state index in [9.17, 15) is 4.79 Å². The summed E-state index contributed by atoms with van der Waals surface area (Å²) in [5, 5.41) is 0.898. The summed E-state index contributed by atoms with van der Waals surface area (Å²) in [5.74, 6) is 1.26. The molecule has 0 aliphatic carbocycles. The number of hydrogen-bond donors (Lipinski definition) is 0. The predicted octanol–water partition coefficient (Wildman–Crippen LogP) is 4.20. The summed E-state index contributed by atoms with van der Waals surface area (Å²) in [4.78, 5) is 23.9. The van der Waals surface area contributed by atoms with E-state index in [4.69, 9.17) is 9.47 Å². The largest absolute Gasteiger partial charge is 0.454 e. The zero-order valence-electron chi connectivity index (χ0n) is 16.2. The number of amides is 1. The summed E-state index contributed by atoms with van der Waals surface area (Å²) in [5.41, 5.74) is 3.09. The minimum atomic E-state index is -0.144. The number of carbonyl (C=O) groups is 1. The number of benzene rings is 2. The van der Waals surface area contributed by atoms with Crippen LogP contribution in [0.15, 0.2) is 79.1 Å². The number of hydrogen-bond acceptors (Lipinski definition) is 5. The molecule has 5 rings (SSSR count). The van der Waals surface area contributed by atoms with Crippen LogP contribution in [0.5, 0.6) is 11.5 Å². The van der Waals surface area contributed by atoms with E-state index in [-0.39, 0.29) is 12.7 Å². The van der Waals surface area contributed by atoms with E-state index in [1.165, 1.54) is 0 Å². The van der Waals surface area contributed by atoms with Crippen molar-refractivity contribution in [3.63, 3.8) is 0 Å². The molecule has 148 valence electrons. The fraction of sp³-hybridized carbons (Fsp3) is 0.125. The Kier molecular flexibility index (Phi) is 4.73. The first-order chi connectivity index (χ1) is 14.8. The third-order valence-corrected chi connectivity index (χ3v) is 5.05. The number of aromatic nitrogens is 2. The van der Waals surface area contributed by atoms with Gasteiger partial charge in [-0.15, -0.1) is 0 Å². The highest BCUT2D eigenvalue weighted by atomic mass is 16.7. The fourth-order valence-corrected chi connectivity index (χ4v) is 3.57. The maximum Gasteiger partial charge on any atom is 0.273 e. The van der Waals surface area contributed by atoms with E-state index in [1.54, 1.807) is 23.4 Å². The Labute approximate surface area is 173 Å². The van der Waals surface area contributed by atoms with Crippen molar-refractivity contribution in [2.75, 3.05) is 6.79 Å². The van der Waals surface area contributed by atoms with Gasteiger partial charge in [0.1, 0.15) is 5.69 Å². The number of pyridine rings is 2. The van der Waals surface area contributed by atoms with Gasteiger partial charge in [-0.2, -0.15) is 0 Å². The summed E-state index contributed by atoms with van der Waals surface area (Å²) >= 11 is 0. The molecule has 3 heterocycles. The first-order valence-corrected chi connectivity index (χ1v) is 9.69. The van der Waals surface area contributed by atoms with E-state index in [0.29, 0.717) is 30.3 Å². The molecule has 0 N–H and O–H groups in total. The van der Waals surface area contributed by atoms with Crippen LogP contribution in [0.25, 0.3) is 10.9 Å². The lowest BCUT2D eigenvalue weighted by molar-refractivity contribution is 0.0723. The van der Waals surface area contributed by atoms with Gasteiger partial charge in [0.05, 0.1) is 12.1 Å². The summed E-state index contributed by atoms with van der Waals surface area (Å²) in [6, 6.07) is 21.1. The molecule has 0 atom stereocenters. The number of carbonyl (C=O) groups excluding carboxylic acids is 1. The van der Waals surface area contributed by atoms with Crippen molar-refractivity contribution in [3.05, 3.63) is 95.9 Å². The Hall–Kier alpha value is -3.93. The van der Waals surface area contributed by atoms with E-state index in [0.717, 1.165) is 22.0 Å². The second-order valence-electron chi connectivity index (χ2n) is 7.06. The number of nitrogens with zero attached hydrogens (tertiary/aromatic N) is 3. The van der Waals surface area contributed by atoms with E-state index >= 15 is 0 Å². The highest BCUT2D eigenvalue weighted by Gasteiger charge is 2.23. The fourth-order valence-electron chi connectivity index (χ4n) is 3.57. The monoisotopic (exact) mass is 397 g/mol. The van der Waals surface area contributed by atoms with Crippen LogP contribution in [0.2, 0.25) is 0 Å². The van der Waals surface area contributed by atoms with Crippen molar-refractivity contribution >= 4 is 16.8 Å². The lowest BCUT2D eigenvalue weighted by Gasteiger charge is -2.23. The maximum absolute atomic E-state index is 13.5. The number of fused-ring (bicyclic) bond motifs is 2. The highest BCUT2D eigenvalue weighted by molar-refractivity contribution is 5.94. The molecule has 30 heavy (non-hydrogen) atoms. The van der Waals surface area contributed by atoms with Crippen molar-refractivity contribution in [2.45, 2.75) is 13.1 Å². The molecule has 4 aromatic rings. The molecular weight excluding hydrogens is 378 g/mol. The second kappa shape index (κ2) is 7.83. The van der Waals surface area contributed by atoms with Gasteiger partial charge in [-0.1, -0.05) is 42.5 Å². The van der Waals surface area contributed by atoms with Crippen LogP contribution in [0.3, 0.4) is 0 Å².